The molecule has 1 aromatic carbocycles. The van der Waals surface area contributed by atoms with Crippen LogP contribution < -0.4 is 0 Å². The fourth-order valence-electron chi connectivity index (χ4n) is 0.439. The first-order valence-electron chi connectivity index (χ1n) is 2.21. The van der Waals surface area contributed by atoms with Crippen LogP contribution in [0.15, 0.2) is 33.2 Å². The van der Waals surface area contributed by atoms with Crippen molar-refractivity contribution in [3.63, 3.8) is 0 Å². The van der Waals surface area contributed by atoms with E-state index in [1.54, 1.807) is 0 Å². The van der Waals surface area contributed by atoms with Gasteiger partial charge >= 0.3 is 0 Å². The van der Waals surface area contributed by atoms with Crippen LogP contribution in [0.25, 0.3) is 0 Å². The Labute approximate surface area is 72.5 Å². The lowest BCUT2D eigenvalue weighted by Gasteiger charge is -1.89. The lowest BCUT2D eigenvalue weighted by atomic mass is 10.4. The minimum absolute atomic E-state index is 0. The summed E-state index contributed by atoms with van der Waals surface area (Å²) in [6, 6.07) is 7.94. The van der Waals surface area contributed by atoms with Gasteiger partial charge in [0.05, 0.1) is 0 Å². The first-order chi connectivity index (χ1) is 3.80. The van der Waals surface area contributed by atoms with Crippen molar-refractivity contribution in [3.8, 4) is 0 Å². The molecular weight excluding hydrogens is 244 g/mol. The summed E-state index contributed by atoms with van der Waals surface area (Å²) in [4.78, 5) is 0. The first-order valence-corrected chi connectivity index (χ1v) is 3.79. The maximum Gasteiger partial charge on any atom is 0.0317 e. The summed E-state index contributed by atoms with van der Waals surface area (Å²) in [5.41, 5.74) is 0. The Morgan fingerprint density at radius 2 is 1.22 bits per heavy atom. The number of benzene rings is 1. The van der Waals surface area contributed by atoms with E-state index >= 15 is 0 Å². The highest BCUT2D eigenvalue weighted by Gasteiger charge is 1.88. The van der Waals surface area contributed by atoms with Gasteiger partial charge in [0.2, 0.25) is 0 Å². The molecule has 0 nitrogen and oxygen atoms in total. The summed E-state index contributed by atoms with van der Waals surface area (Å²) < 4.78 is 2.19. The second-order valence-electron chi connectivity index (χ2n) is 1.41. The maximum absolute atomic E-state index is 3.35. The molecule has 9 heavy (non-hydrogen) atoms. The van der Waals surface area contributed by atoms with Crippen molar-refractivity contribution in [2.45, 2.75) is 7.43 Å². The van der Waals surface area contributed by atoms with Crippen molar-refractivity contribution >= 4 is 31.9 Å². The molecule has 0 aromatic heterocycles. The highest BCUT2D eigenvalue weighted by Crippen LogP contribution is 2.20. The van der Waals surface area contributed by atoms with Crippen molar-refractivity contribution in [3.05, 3.63) is 33.2 Å². The molecule has 2 heteroatoms. The highest BCUT2D eigenvalue weighted by molar-refractivity contribution is 9.13. The predicted octanol–water partition coefficient (Wildman–Crippen LogP) is 3.85. The van der Waals surface area contributed by atoms with Gasteiger partial charge in [-0.15, -0.1) is 0 Å². The summed E-state index contributed by atoms with van der Waals surface area (Å²) in [6.07, 6.45) is 0. The minimum atomic E-state index is 0. The second-order valence-corrected chi connectivity index (χ2v) is 3.12. The third-order valence-corrected chi connectivity index (χ3v) is 2.74. The van der Waals surface area contributed by atoms with Crippen LogP contribution in [0.3, 0.4) is 0 Å². The average Bonchev–Trinajstić information content (AvgIpc) is 1.77. The Balaban J connectivity index is 0.000000640. The summed E-state index contributed by atoms with van der Waals surface area (Å²) in [6.45, 7) is 0. The Morgan fingerprint density at radius 3 is 1.44 bits per heavy atom. The van der Waals surface area contributed by atoms with E-state index in [2.05, 4.69) is 31.9 Å². The van der Waals surface area contributed by atoms with Crippen LogP contribution in [0, 0.1) is 0 Å². The molecule has 0 radical (unpaired) electrons. The third-order valence-electron chi connectivity index (χ3n) is 0.824. The molecule has 0 N–H and O–H groups in total. The van der Waals surface area contributed by atoms with E-state index in [0.29, 0.717) is 0 Å². The first kappa shape index (κ1) is 9.18. The molecule has 0 saturated heterocycles. The Morgan fingerprint density at radius 1 is 0.889 bits per heavy atom. The summed E-state index contributed by atoms with van der Waals surface area (Å²) in [7, 11) is 0. The van der Waals surface area contributed by atoms with E-state index in [4.69, 9.17) is 0 Å². The number of hydrogen-bond donors (Lipinski definition) is 0. The molecule has 0 bridgehead atoms. The van der Waals surface area contributed by atoms with E-state index < -0.39 is 0 Å². The lowest BCUT2D eigenvalue weighted by Crippen LogP contribution is -1.63. The van der Waals surface area contributed by atoms with Crippen LogP contribution in [0.4, 0.5) is 0 Å². The lowest BCUT2D eigenvalue weighted by molar-refractivity contribution is 1.59. The zero-order chi connectivity index (χ0) is 5.98. The van der Waals surface area contributed by atoms with Gasteiger partial charge < -0.3 is 0 Å². The quantitative estimate of drug-likeness (QED) is 0.657. The van der Waals surface area contributed by atoms with Gasteiger partial charge in [-0.25, -0.2) is 0 Å². The van der Waals surface area contributed by atoms with Gasteiger partial charge in [0.25, 0.3) is 0 Å². The fourth-order valence-corrected chi connectivity index (χ4v) is 1.01. The molecule has 0 unspecified atom stereocenters. The predicted molar refractivity (Wildman–Crippen MR) is 48.6 cm³/mol. The van der Waals surface area contributed by atoms with E-state index in [1.165, 1.54) is 0 Å². The normalized spacial score (nSPS) is 8.22. The molecule has 1 rings (SSSR count). The van der Waals surface area contributed by atoms with Gasteiger partial charge in [-0.1, -0.05) is 19.6 Å². The molecule has 0 fully saturated rings. The average molecular weight is 252 g/mol. The van der Waals surface area contributed by atoms with Crippen LogP contribution in [-0.2, 0) is 0 Å². The van der Waals surface area contributed by atoms with Crippen LogP contribution in [0.2, 0.25) is 0 Å². The van der Waals surface area contributed by atoms with E-state index in [1.807, 2.05) is 24.3 Å². The van der Waals surface area contributed by atoms with Crippen molar-refractivity contribution in [1.82, 2.24) is 0 Å². The molecule has 1 aromatic rings. The van der Waals surface area contributed by atoms with Crippen molar-refractivity contribution < 1.29 is 0 Å². The standard InChI is InChI=1S/C6H4Br2.CH4/c7-5-3-1-2-4-6(5)8;/h1-4H;1H4. The molecular formula is C7H8Br2. The monoisotopic (exact) mass is 250 g/mol. The Hall–Kier alpha value is 0.180. The van der Waals surface area contributed by atoms with Gasteiger partial charge in [-0.2, -0.15) is 0 Å². The second kappa shape index (κ2) is 4.07. The Kier molecular flexibility index (Phi) is 4.15. The van der Waals surface area contributed by atoms with Crippen molar-refractivity contribution in [2.24, 2.45) is 0 Å². The van der Waals surface area contributed by atoms with E-state index in [-0.39, 0.29) is 7.43 Å². The minimum Gasteiger partial charge on any atom is -0.0776 e. The molecule has 50 valence electrons. The molecule has 0 aliphatic carbocycles. The highest BCUT2D eigenvalue weighted by atomic mass is 79.9. The molecule has 0 heterocycles. The largest absolute Gasteiger partial charge is 0.0776 e. The third kappa shape index (κ3) is 2.50. The molecule has 0 atom stereocenters. The van der Waals surface area contributed by atoms with Crippen LogP contribution >= 0.6 is 31.9 Å². The van der Waals surface area contributed by atoms with Crippen molar-refractivity contribution in [2.75, 3.05) is 0 Å². The van der Waals surface area contributed by atoms with Gasteiger partial charge in [0.15, 0.2) is 0 Å². The van der Waals surface area contributed by atoms with Gasteiger partial charge in [0.1, 0.15) is 0 Å². The summed E-state index contributed by atoms with van der Waals surface area (Å²) in [5.74, 6) is 0. The number of halogens is 2. The Bertz CT molecular complexity index is 163. The SMILES string of the molecule is Brc1ccccc1Br.C. The molecule has 0 amide bonds. The summed E-state index contributed by atoms with van der Waals surface area (Å²) >= 11 is 6.70. The van der Waals surface area contributed by atoms with E-state index in [0.717, 1.165) is 8.95 Å². The van der Waals surface area contributed by atoms with Crippen LogP contribution in [-0.4, -0.2) is 0 Å². The topological polar surface area (TPSA) is 0 Å². The van der Waals surface area contributed by atoms with E-state index in [9.17, 15) is 0 Å². The molecule has 0 aliphatic rings. The smallest absolute Gasteiger partial charge is 0.0317 e. The summed E-state index contributed by atoms with van der Waals surface area (Å²) in [5, 5.41) is 0. The molecule has 0 spiro atoms. The molecule has 0 aliphatic heterocycles. The number of hydrogen-bond acceptors (Lipinski definition) is 0. The zero-order valence-corrected chi connectivity index (χ0v) is 7.24. The van der Waals surface area contributed by atoms with Crippen LogP contribution in [0.5, 0.6) is 0 Å². The van der Waals surface area contributed by atoms with Crippen LogP contribution in [0.1, 0.15) is 7.43 Å². The van der Waals surface area contributed by atoms with Gasteiger partial charge in [0, 0.05) is 8.95 Å². The van der Waals surface area contributed by atoms with Gasteiger partial charge in [-0.3, -0.25) is 0 Å². The fraction of sp³-hybridized carbons (Fsp3) is 0.143. The molecule has 0 saturated carbocycles. The zero-order valence-electron chi connectivity index (χ0n) is 4.07. The van der Waals surface area contributed by atoms with Crippen molar-refractivity contribution in [1.29, 1.82) is 0 Å². The van der Waals surface area contributed by atoms with Gasteiger partial charge in [-0.05, 0) is 44.0 Å². The maximum atomic E-state index is 3.35. The number of rotatable bonds is 0.